The van der Waals surface area contributed by atoms with Gasteiger partial charge >= 0.3 is 0 Å². The summed E-state index contributed by atoms with van der Waals surface area (Å²) in [6, 6.07) is 16.7. The standard InChI is InChI=1S/C16H13N3O/c1-20-16-6-5-13(10-18)7-14(16)11-19-15-4-2-3-12(8-15)9-17/h2-8,19H,11H2,1H3. The van der Waals surface area contributed by atoms with Crippen molar-refractivity contribution in [2.24, 2.45) is 0 Å². The highest BCUT2D eigenvalue weighted by atomic mass is 16.5. The lowest BCUT2D eigenvalue weighted by Gasteiger charge is -2.11. The maximum absolute atomic E-state index is 8.93. The first-order chi connectivity index (χ1) is 9.76. The Morgan fingerprint density at radius 3 is 2.50 bits per heavy atom. The summed E-state index contributed by atoms with van der Waals surface area (Å²) in [5, 5.41) is 21.0. The smallest absolute Gasteiger partial charge is 0.123 e. The average molecular weight is 263 g/mol. The zero-order valence-corrected chi connectivity index (χ0v) is 11.1. The van der Waals surface area contributed by atoms with E-state index in [2.05, 4.69) is 17.5 Å². The van der Waals surface area contributed by atoms with Gasteiger partial charge < -0.3 is 10.1 Å². The zero-order chi connectivity index (χ0) is 14.4. The molecule has 0 spiro atoms. The number of nitrogens with zero attached hydrogens (tertiary/aromatic N) is 2. The van der Waals surface area contributed by atoms with Gasteiger partial charge in [-0.25, -0.2) is 0 Å². The van der Waals surface area contributed by atoms with E-state index in [1.54, 1.807) is 37.4 Å². The number of benzene rings is 2. The zero-order valence-electron chi connectivity index (χ0n) is 11.1. The summed E-state index contributed by atoms with van der Waals surface area (Å²) in [4.78, 5) is 0. The third-order valence-corrected chi connectivity index (χ3v) is 2.88. The number of nitrogens with one attached hydrogen (secondary N) is 1. The van der Waals surface area contributed by atoms with Crippen molar-refractivity contribution in [3.63, 3.8) is 0 Å². The van der Waals surface area contributed by atoms with Gasteiger partial charge in [-0.2, -0.15) is 10.5 Å². The first kappa shape index (κ1) is 13.5. The van der Waals surface area contributed by atoms with Crippen molar-refractivity contribution in [2.75, 3.05) is 12.4 Å². The fraction of sp³-hybridized carbons (Fsp3) is 0.125. The molecule has 0 atom stereocenters. The molecular weight excluding hydrogens is 250 g/mol. The molecule has 2 rings (SSSR count). The van der Waals surface area contributed by atoms with Crippen LogP contribution in [-0.4, -0.2) is 7.11 Å². The lowest BCUT2D eigenvalue weighted by molar-refractivity contribution is 0.410. The van der Waals surface area contributed by atoms with Crippen molar-refractivity contribution in [2.45, 2.75) is 6.54 Å². The van der Waals surface area contributed by atoms with Crippen molar-refractivity contribution in [1.29, 1.82) is 10.5 Å². The van der Waals surface area contributed by atoms with Crippen molar-refractivity contribution in [3.05, 3.63) is 59.2 Å². The summed E-state index contributed by atoms with van der Waals surface area (Å²) in [6.45, 7) is 0.521. The molecule has 1 N–H and O–H groups in total. The third-order valence-electron chi connectivity index (χ3n) is 2.88. The van der Waals surface area contributed by atoms with Crippen molar-refractivity contribution in [1.82, 2.24) is 0 Å². The first-order valence-corrected chi connectivity index (χ1v) is 6.08. The van der Waals surface area contributed by atoms with E-state index in [4.69, 9.17) is 15.3 Å². The number of ether oxygens (including phenoxy) is 1. The van der Waals surface area contributed by atoms with E-state index in [0.29, 0.717) is 17.7 Å². The molecule has 0 amide bonds. The summed E-state index contributed by atoms with van der Waals surface area (Å²) in [6.07, 6.45) is 0. The van der Waals surface area contributed by atoms with Gasteiger partial charge in [0.2, 0.25) is 0 Å². The van der Waals surface area contributed by atoms with Crippen molar-refractivity contribution in [3.8, 4) is 17.9 Å². The van der Waals surface area contributed by atoms with Crippen molar-refractivity contribution < 1.29 is 4.74 Å². The number of hydrogen-bond acceptors (Lipinski definition) is 4. The highest BCUT2D eigenvalue weighted by Crippen LogP contribution is 2.21. The Balaban J connectivity index is 2.18. The molecule has 0 heterocycles. The molecule has 4 heteroatoms. The van der Waals surface area contributed by atoms with Crippen LogP contribution in [0.2, 0.25) is 0 Å². The van der Waals surface area contributed by atoms with Crippen LogP contribution in [0.3, 0.4) is 0 Å². The Morgan fingerprint density at radius 1 is 1.05 bits per heavy atom. The second-order valence-corrected chi connectivity index (χ2v) is 4.18. The van der Waals surface area contributed by atoms with Gasteiger partial charge in [-0.1, -0.05) is 6.07 Å². The number of rotatable bonds is 4. The van der Waals surface area contributed by atoms with Gasteiger partial charge in [0.25, 0.3) is 0 Å². The molecule has 2 aromatic carbocycles. The molecule has 0 saturated carbocycles. The van der Waals surface area contributed by atoms with E-state index < -0.39 is 0 Å². The number of hydrogen-bond donors (Lipinski definition) is 1. The van der Waals surface area contributed by atoms with Gasteiger partial charge in [-0.05, 0) is 36.4 Å². The van der Waals surface area contributed by atoms with Crippen LogP contribution in [0.15, 0.2) is 42.5 Å². The maximum Gasteiger partial charge on any atom is 0.123 e. The molecule has 98 valence electrons. The molecule has 2 aromatic rings. The second kappa shape index (κ2) is 6.26. The summed E-state index contributed by atoms with van der Waals surface area (Å²) in [5.41, 5.74) is 2.95. The summed E-state index contributed by atoms with van der Waals surface area (Å²) < 4.78 is 5.28. The van der Waals surface area contributed by atoms with Gasteiger partial charge in [-0.3, -0.25) is 0 Å². The second-order valence-electron chi connectivity index (χ2n) is 4.18. The van der Waals surface area contributed by atoms with Gasteiger partial charge in [0, 0.05) is 17.8 Å². The Morgan fingerprint density at radius 2 is 1.80 bits per heavy atom. The molecule has 0 aromatic heterocycles. The van der Waals surface area contributed by atoms with Crippen LogP contribution in [0.1, 0.15) is 16.7 Å². The van der Waals surface area contributed by atoms with Crippen LogP contribution < -0.4 is 10.1 Å². The van der Waals surface area contributed by atoms with Crippen LogP contribution in [0.25, 0.3) is 0 Å². The van der Waals surface area contributed by atoms with E-state index >= 15 is 0 Å². The molecular formula is C16H13N3O. The Hall–Kier alpha value is -2.98. The van der Waals surface area contributed by atoms with Crippen LogP contribution >= 0.6 is 0 Å². The van der Waals surface area contributed by atoms with Gasteiger partial charge in [0.1, 0.15) is 5.75 Å². The fourth-order valence-corrected chi connectivity index (χ4v) is 1.88. The summed E-state index contributed by atoms with van der Waals surface area (Å²) in [5.74, 6) is 0.730. The number of methoxy groups -OCH3 is 1. The monoisotopic (exact) mass is 263 g/mol. The van der Waals surface area contributed by atoms with Crippen LogP contribution in [-0.2, 0) is 6.54 Å². The van der Waals surface area contributed by atoms with E-state index in [0.717, 1.165) is 17.0 Å². The molecule has 0 aliphatic carbocycles. The third kappa shape index (κ3) is 3.07. The largest absolute Gasteiger partial charge is 0.496 e. The van der Waals surface area contributed by atoms with E-state index in [1.165, 1.54) is 0 Å². The quantitative estimate of drug-likeness (QED) is 0.920. The average Bonchev–Trinajstić information content (AvgIpc) is 2.52. The molecule has 0 bridgehead atoms. The van der Waals surface area contributed by atoms with Crippen molar-refractivity contribution >= 4 is 5.69 Å². The first-order valence-electron chi connectivity index (χ1n) is 6.08. The van der Waals surface area contributed by atoms with Crippen LogP contribution in [0, 0.1) is 22.7 Å². The fourth-order valence-electron chi connectivity index (χ4n) is 1.88. The van der Waals surface area contributed by atoms with Gasteiger partial charge in [-0.15, -0.1) is 0 Å². The maximum atomic E-state index is 8.93. The van der Waals surface area contributed by atoms with Gasteiger partial charge in [0.15, 0.2) is 0 Å². The Labute approximate surface area is 117 Å². The summed E-state index contributed by atoms with van der Waals surface area (Å²) >= 11 is 0. The van der Waals surface area contributed by atoms with Crippen LogP contribution in [0.5, 0.6) is 5.75 Å². The molecule has 0 aliphatic rings. The molecule has 0 aliphatic heterocycles. The predicted molar refractivity (Wildman–Crippen MR) is 76.2 cm³/mol. The van der Waals surface area contributed by atoms with Gasteiger partial charge in [0.05, 0.1) is 30.4 Å². The molecule has 4 nitrogen and oxygen atoms in total. The minimum atomic E-state index is 0.521. The number of anilines is 1. The lowest BCUT2D eigenvalue weighted by atomic mass is 10.1. The van der Waals surface area contributed by atoms with E-state index in [1.807, 2.05) is 12.1 Å². The highest BCUT2D eigenvalue weighted by Gasteiger charge is 2.04. The molecule has 0 unspecified atom stereocenters. The lowest BCUT2D eigenvalue weighted by Crippen LogP contribution is -2.02. The van der Waals surface area contributed by atoms with E-state index in [9.17, 15) is 0 Å². The molecule has 0 fully saturated rings. The highest BCUT2D eigenvalue weighted by molar-refractivity contribution is 5.51. The normalized spacial score (nSPS) is 9.35. The molecule has 20 heavy (non-hydrogen) atoms. The Kier molecular flexibility index (Phi) is 4.21. The minimum absolute atomic E-state index is 0.521. The molecule has 0 saturated heterocycles. The van der Waals surface area contributed by atoms with E-state index in [-0.39, 0.29) is 0 Å². The van der Waals surface area contributed by atoms with Crippen LogP contribution in [0.4, 0.5) is 5.69 Å². The summed E-state index contributed by atoms with van der Waals surface area (Å²) in [7, 11) is 1.60. The topological polar surface area (TPSA) is 68.8 Å². The molecule has 0 radical (unpaired) electrons. The minimum Gasteiger partial charge on any atom is -0.496 e. The SMILES string of the molecule is COc1ccc(C#N)cc1CNc1cccc(C#N)c1. The Bertz CT molecular complexity index is 696. The number of nitriles is 2. The predicted octanol–water partition coefficient (Wildman–Crippen LogP) is 3.05.